The second-order valence-electron chi connectivity index (χ2n) is 6.78. The van der Waals surface area contributed by atoms with Gasteiger partial charge in [-0.2, -0.15) is 4.31 Å². The molecule has 8 nitrogen and oxygen atoms in total. The number of rotatable bonds is 5. The Labute approximate surface area is 153 Å². The van der Waals surface area contributed by atoms with Gasteiger partial charge >= 0.3 is 0 Å². The molecule has 2 heterocycles. The fraction of sp³-hybridized carbons (Fsp3) is 0.588. The van der Waals surface area contributed by atoms with E-state index in [1.165, 1.54) is 16.4 Å². The Hall–Kier alpha value is -1.68. The summed E-state index contributed by atoms with van der Waals surface area (Å²) in [5, 5.41) is 12.1. The Bertz CT molecular complexity index is 775. The first kappa shape index (κ1) is 19.1. The van der Waals surface area contributed by atoms with Crippen molar-refractivity contribution in [3.8, 4) is 5.75 Å². The Balaban J connectivity index is 1.90. The summed E-state index contributed by atoms with van der Waals surface area (Å²) in [6.45, 7) is 3.07. The van der Waals surface area contributed by atoms with Crippen LogP contribution in [0, 0.1) is 0 Å². The summed E-state index contributed by atoms with van der Waals surface area (Å²) in [4.78, 5) is 14.0. The standard InChI is InChI=1S/C17H25N3O5S/c1-12-17(22)18-15-11-14(3-4-16(15)25-12)26(23,24)20(9-10-21)13-5-7-19(2)8-6-13/h3-4,11-13,21H,5-10H2,1-2H3,(H,18,22). The predicted octanol–water partition coefficient (Wildman–Crippen LogP) is 0.483. The van der Waals surface area contributed by atoms with Crippen LogP contribution < -0.4 is 10.1 Å². The van der Waals surface area contributed by atoms with Crippen molar-refractivity contribution >= 4 is 21.6 Å². The van der Waals surface area contributed by atoms with Gasteiger partial charge in [0.05, 0.1) is 17.2 Å². The van der Waals surface area contributed by atoms with Crippen LogP contribution in [0.15, 0.2) is 23.1 Å². The fourth-order valence-electron chi connectivity index (χ4n) is 3.36. The van der Waals surface area contributed by atoms with Gasteiger partial charge in [0.2, 0.25) is 10.0 Å². The maximum Gasteiger partial charge on any atom is 0.265 e. The molecule has 1 fully saturated rings. The molecule has 1 amide bonds. The second kappa shape index (κ2) is 7.51. The van der Waals surface area contributed by atoms with Crippen molar-refractivity contribution in [1.29, 1.82) is 0 Å². The van der Waals surface area contributed by atoms with E-state index < -0.39 is 16.1 Å². The number of nitrogens with zero attached hydrogens (tertiary/aromatic N) is 2. The molecule has 0 aliphatic carbocycles. The Morgan fingerprint density at radius 2 is 2.04 bits per heavy atom. The maximum atomic E-state index is 13.2. The highest BCUT2D eigenvalue weighted by molar-refractivity contribution is 7.89. The number of aliphatic hydroxyl groups is 1. The van der Waals surface area contributed by atoms with E-state index in [1.54, 1.807) is 13.0 Å². The molecule has 2 aliphatic rings. The molecular formula is C17H25N3O5S. The summed E-state index contributed by atoms with van der Waals surface area (Å²) >= 11 is 0. The molecule has 144 valence electrons. The van der Waals surface area contributed by atoms with Gasteiger partial charge in [-0.25, -0.2) is 8.42 Å². The molecule has 0 saturated carbocycles. The Morgan fingerprint density at radius 1 is 1.35 bits per heavy atom. The van der Waals surface area contributed by atoms with Crippen LogP contribution in [0.3, 0.4) is 0 Å². The number of carbonyl (C=O) groups excluding carboxylic acids is 1. The van der Waals surface area contributed by atoms with Crippen LogP contribution in [0.25, 0.3) is 0 Å². The van der Waals surface area contributed by atoms with Gasteiger partial charge < -0.3 is 20.1 Å². The zero-order valence-corrected chi connectivity index (χ0v) is 15.8. The number of anilines is 1. The highest BCUT2D eigenvalue weighted by Crippen LogP contribution is 2.33. The van der Waals surface area contributed by atoms with Gasteiger partial charge in [-0.05, 0) is 58.1 Å². The molecule has 0 spiro atoms. The lowest BCUT2D eigenvalue weighted by Crippen LogP contribution is -2.47. The molecule has 1 atom stereocenters. The molecule has 26 heavy (non-hydrogen) atoms. The normalized spacial score (nSPS) is 22.0. The van der Waals surface area contributed by atoms with E-state index in [0.29, 0.717) is 11.4 Å². The molecule has 1 unspecified atom stereocenters. The number of carbonyl (C=O) groups is 1. The molecule has 3 rings (SSSR count). The molecule has 2 N–H and O–H groups in total. The summed E-state index contributed by atoms with van der Waals surface area (Å²) < 4.78 is 33.2. The Morgan fingerprint density at radius 3 is 2.69 bits per heavy atom. The molecule has 0 bridgehead atoms. The van der Waals surface area contributed by atoms with E-state index in [4.69, 9.17) is 4.74 Å². The van der Waals surface area contributed by atoms with Crippen molar-refractivity contribution in [2.45, 2.75) is 36.8 Å². The first-order valence-electron chi connectivity index (χ1n) is 8.75. The van der Waals surface area contributed by atoms with Crippen LogP contribution in [0.2, 0.25) is 0 Å². The average Bonchev–Trinajstić information content (AvgIpc) is 2.61. The van der Waals surface area contributed by atoms with Crippen LogP contribution in [0.5, 0.6) is 5.75 Å². The number of aliphatic hydroxyl groups excluding tert-OH is 1. The minimum Gasteiger partial charge on any atom is -0.479 e. The third-order valence-corrected chi connectivity index (χ3v) is 6.85. The number of hydrogen-bond acceptors (Lipinski definition) is 6. The summed E-state index contributed by atoms with van der Waals surface area (Å²) in [5.74, 6) is 0.138. The molecule has 2 aliphatic heterocycles. The van der Waals surface area contributed by atoms with E-state index in [-0.39, 0.29) is 30.0 Å². The number of sulfonamides is 1. The second-order valence-corrected chi connectivity index (χ2v) is 8.67. The van der Waals surface area contributed by atoms with Gasteiger partial charge in [0.25, 0.3) is 5.91 Å². The maximum absolute atomic E-state index is 13.2. The third kappa shape index (κ3) is 3.71. The van der Waals surface area contributed by atoms with Crippen LogP contribution in [0.4, 0.5) is 5.69 Å². The first-order valence-corrected chi connectivity index (χ1v) is 10.2. The van der Waals surface area contributed by atoms with E-state index >= 15 is 0 Å². The lowest BCUT2D eigenvalue weighted by molar-refractivity contribution is -0.122. The summed E-state index contributed by atoms with van der Waals surface area (Å²) in [6.07, 6.45) is 0.825. The number of likely N-dealkylation sites (tertiary alicyclic amines) is 1. The van der Waals surface area contributed by atoms with Crippen molar-refractivity contribution in [2.24, 2.45) is 0 Å². The number of nitrogens with one attached hydrogen (secondary N) is 1. The quantitative estimate of drug-likeness (QED) is 0.768. The van der Waals surface area contributed by atoms with Gasteiger partial charge in [0.1, 0.15) is 5.75 Å². The summed E-state index contributed by atoms with van der Waals surface area (Å²) in [7, 11) is -1.79. The molecule has 0 aromatic heterocycles. The topological polar surface area (TPSA) is 99.2 Å². The number of benzene rings is 1. The highest BCUT2D eigenvalue weighted by atomic mass is 32.2. The van der Waals surface area contributed by atoms with Gasteiger partial charge in [-0.1, -0.05) is 0 Å². The van der Waals surface area contributed by atoms with Crippen LogP contribution in [0.1, 0.15) is 19.8 Å². The van der Waals surface area contributed by atoms with E-state index in [2.05, 4.69) is 10.2 Å². The smallest absolute Gasteiger partial charge is 0.265 e. The molecule has 9 heteroatoms. The first-order chi connectivity index (χ1) is 12.3. The van der Waals surface area contributed by atoms with Crippen LogP contribution in [-0.2, 0) is 14.8 Å². The van der Waals surface area contributed by atoms with Crippen LogP contribution in [-0.4, -0.2) is 74.1 Å². The third-order valence-electron chi connectivity index (χ3n) is 4.90. The largest absolute Gasteiger partial charge is 0.479 e. The number of hydrogen-bond donors (Lipinski definition) is 2. The lowest BCUT2D eigenvalue weighted by atomic mass is 10.1. The number of ether oxygens (including phenoxy) is 1. The minimum atomic E-state index is -3.80. The minimum absolute atomic E-state index is 0.0493. The fourth-order valence-corrected chi connectivity index (χ4v) is 5.07. The lowest BCUT2D eigenvalue weighted by Gasteiger charge is -2.36. The number of piperidine rings is 1. The number of amides is 1. The summed E-state index contributed by atoms with van der Waals surface area (Å²) in [6, 6.07) is 4.32. The highest BCUT2D eigenvalue weighted by Gasteiger charge is 2.34. The molecule has 1 saturated heterocycles. The van der Waals surface area contributed by atoms with Crippen molar-refractivity contribution in [2.75, 3.05) is 38.6 Å². The average molecular weight is 383 g/mol. The van der Waals surface area contributed by atoms with Gasteiger partial charge in [0, 0.05) is 12.6 Å². The molecule has 0 radical (unpaired) electrons. The monoisotopic (exact) mass is 383 g/mol. The van der Waals surface area contributed by atoms with Crippen molar-refractivity contribution < 1.29 is 23.1 Å². The van der Waals surface area contributed by atoms with E-state index in [0.717, 1.165) is 25.9 Å². The molecular weight excluding hydrogens is 358 g/mol. The predicted molar refractivity (Wildman–Crippen MR) is 96.7 cm³/mol. The van der Waals surface area contributed by atoms with Gasteiger partial charge in [-0.3, -0.25) is 4.79 Å². The van der Waals surface area contributed by atoms with Gasteiger partial charge in [0.15, 0.2) is 6.10 Å². The SMILES string of the molecule is CC1Oc2ccc(S(=O)(=O)N(CCO)C3CCN(C)CC3)cc2NC1=O. The molecule has 1 aromatic carbocycles. The summed E-state index contributed by atoms with van der Waals surface area (Å²) in [5.41, 5.74) is 0.349. The van der Waals surface area contributed by atoms with Crippen LogP contribution >= 0.6 is 0 Å². The van der Waals surface area contributed by atoms with E-state index in [9.17, 15) is 18.3 Å². The van der Waals surface area contributed by atoms with Crippen molar-refractivity contribution in [3.63, 3.8) is 0 Å². The van der Waals surface area contributed by atoms with E-state index in [1.807, 2.05) is 7.05 Å². The Kier molecular flexibility index (Phi) is 5.52. The zero-order chi connectivity index (χ0) is 18.9. The molecule has 1 aromatic rings. The van der Waals surface area contributed by atoms with Crippen molar-refractivity contribution in [1.82, 2.24) is 9.21 Å². The van der Waals surface area contributed by atoms with Crippen molar-refractivity contribution in [3.05, 3.63) is 18.2 Å². The zero-order valence-electron chi connectivity index (χ0n) is 15.0. The van der Waals surface area contributed by atoms with Gasteiger partial charge in [-0.15, -0.1) is 0 Å². The number of fused-ring (bicyclic) bond motifs is 1.